The lowest BCUT2D eigenvalue weighted by molar-refractivity contribution is -0.122. The summed E-state index contributed by atoms with van der Waals surface area (Å²) in [6, 6.07) is 7.90. The van der Waals surface area contributed by atoms with Gasteiger partial charge in [0.15, 0.2) is 0 Å². The fourth-order valence-corrected chi connectivity index (χ4v) is 3.87. The Morgan fingerprint density at radius 1 is 1.29 bits per heavy atom. The largest absolute Gasteiger partial charge is 0.347 e. The number of rotatable bonds is 5. The molecule has 1 N–H and O–H groups in total. The first-order valence-corrected chi connectivity index (χ1v) is 8.52. The molecule has 2 aliphatic carbocycles. The van der Waals surface area contributed by atoms with Gasteiger partial charge in [0.05, 0.1) is 6.54 Å². The Bertz CT molecular complexity index is 780. The van der Waals surface area contributed by atoms with Crippen molar-refractivity contribution in [3.05, 3.63) is 47.9 Å². The fourth-order valence-electron chi connectivity index (χ4n) is 3.87. The van der Waals surface area contributed by atoms with E-state index in [1.807, 2.05) is 31.2 Å². The van der Waals surface area contributed by atoms with Crippen molar-refractivity contribution in [3.63, 3.8) is 0 Å². The molecule has 1 aromatic carbocycles. The zero-order valence-electron chi connectivity index (χ0n) is 13.7. The second kappa shape index (κ2) is 6.23. The normalized spacial score (nSPS) is 24.5. The van der Waals surface area contributed by atoms with Gasteiger partial charge in [0.1, 0.15) is 0 Å². The highest BCUT2D eigenvalue weighted by Gasteiger charge is 2.36. The van der Waals surface area contributed by atoms with Gasteiger partial charge in [-0.2, -0.15) is 4.98 Å². The van der Waals surface area contributed by atoms with Crippen LogP contribution in [0.4, 0.5) is 0 Å². The molecule has 1 saturated carbocycles. The first-order chi connectivity index (χ1) is 11.7. The second-order valence-corrected chi connectivity index (χ2v) is 6.85. The van der Waals surface area contributed by atoms with Crippen LogP contribution in [0, 0.1) is 24.7 Å². The summed E-state index contributed by atoms with van der Waals surface area (Å²) in [5.41, 5.74) is 2.05. The number of amides is 1. The number of aryl methyl sites for hydroxylation is 1. The van der Waals surface area contributed by atoms with Crippen molar-refractivity contribution < 1.29 is 9.32 Å². The van der Waals surface area contributed by atoms with Crippen LogP contribution in [0.2, 0.25) is 0 Å². The van der Waals surface area contributed by atoms with Gasteiger partial charge in [0.25, 0.3) is 0 Å². The number of hydrogen-bond acceptors (Lipinski definition) is 4. The number of carbonyl (C=O) groups excluding carboxylic acids is 1. The first-order valence-electron chi connectivity index (χ1n) is 8.52. The maximum atomic E-state index is 12.2. The quantitative estimate of drug-likeness (QED) is 0.858. The lowest BCUT2D eigenvalue weighted by Gasteiger charge is -2.16. The summed E-state index contributed by atoms with van der Waals surface area (Å²) in [6.45, 7) is 2.30. The van der Waals surface area contributed by atoms with Gasteiger partial charge in [-0.05, 0) is 43.1 Å². The molecule has 2 aromatic rings. The summed E-state index contributed by atoms with van der Waals surface area (Å²) in [5.74, 6) is 2.85. The maximum absolute atomic E-state index is 12.2. The highest BCUT2D eigenvalue weighted by molar-refractivity contribution is 5.76. The molecular weight excluding hydrogens is 302 g/mol. The first kappa shape index (κ1) is 15.1. The van der Waals surface area contributed by atoms with E-state index in [0.29, 0.717) is 35.9 Å². The summed E-state index contributed by atoms with van der Waals surface area (Å²) < 4.78 is 5.26. The van der Waals surface area contributed by atoms with Crippen molar-refractivity contribution in [1.29, 1.82) is 0 Å². The minimum Gasteiger partial charge on any atom is -0.347 e. The molecular formula is C19H21N3O2. The number of nitrogens with one attached hydrogen (secondary N) is 1. The molecule has 5 heteroatoms. The predicted molar refractivity (Wildman–Crippen MR) is 89.8 cm³/mol. The maximum Gasteiger partial charge on any atom is 0.246 e. The van der Waals surface area contributed by atoms with Gasteiger partial charge in [-0.15, -0.1) is 0 Å². The summed E-state index contributed by atoms with van der Waals surface area (Å²) in [4.78, 5) is 16.5. The third kappa shape index (κ3) is 2.98. The number of hydrogen-bond donors (Lipinski definition) is 1. The Morgan fingerprint density at radius 3 is 2.92 bits per heavy atom. The average molecular weight is 323 g/mol. The van der Waals surface area contributed by atoms with Gasteiger partial charge in [0, 0.05) is 12.0 Å². The Labute approximate surface area is 141 Å². The van der Waals surface area contributed by atoms with Gasteiger partial charge in [-0.3, -0.25) is 4.79 Å². The van der Waals surface area contributed by atoms with Crippen molar-refractivity contribution >= 4 is 5.91 Å². The van der Waals surface area contributed by atoms with E-state index in [-0.39, 0.29) is 12.5 Å². The van der Waals surface area contributed by atoms with E-state index in [1.165, 1.54) is 6.42 Å². The van der Waals surface area contributed by atoms with Gasteiger partial charge < -0.3 is 9.84 Å². The molecule has 0 spiro atoms. The molecule has 4 rings (SSSR count). The molecule has 5 nitrogen and oxygen atoms in total. The van der Waals surface area contributed by atoms with Gasteiger partial charge in [-0.1, -0.05) is 41.6 Å². The van der Waals surface area contributed by atoms with E-state index in [1.54, 1.807) is 0 Å². The van der Waals surface area contributed by atoms with Crippen LogP contribution in [-0.2, 0) is 11.3 Å². The van der Waals surface area contributed by atoms with Crippen LogP contribution in [0.3, 0.4) is 0 Å². The molecule has 2 aliphatic rings. The van der Waals surface area contributed by atoms with Crippen molar-refractivity contribution in [2.24, 2.45) is 17.8 Å². The number of fused-ring (bicyclic) bond motifs is 2. The summed E-state index contributed by atoms with van der Waals surface area (Å²) in [6.07, 6.45) is 7.53. The number of nitrogens with zero attached hydrogens (tertiary/aromatic N) is 2. The standard InChI is InChI=1S/C19H21N3O2/c1-12-4-2-3-5-16(12)19-21-18(24-22-19)11-20-17(23)10-15-9-13-6-7-14(15)8-13/h2-7,13-15H,8-11H2,1H3,(H,20,23)/t13-,14+,15+/m1/s1. The number of allylic oxidation sites excluding steroid dienone is 2. The third-order valence-electron chi connectivity index (χ3n) is 5.15. The molecule has 0 aliphatic heterocycles. The SMILES string of the molecule is Cc1ccccc1-c1noc(CNC(=O)C[C@@H]2C[C@@H]3C=C[C@H]2C3)n1. The van der Waals surface area contributed by atoms with Gasteiger partial charge in [0.2, 0.25) is 17.6 Å². The topological polar surface area (TPSA) is 68.0 Å². The second-order valence-electron chi connectivity index (χ2n) is 6.85. The highest BCUT2D eigenvalue weighted by atomic mass is 16.5. The Hall–Kier alpha value is -2.43. The van der Waals surface area contributed by atoms with Crippen molar-refractivity contribution in [3.8, 4) is 11.4 Å². The average Bonchev–Trinajstić information content (AvgIpc) is 3.30. The molecule has 124 valence electrons. The van der Waals surface area contributed by atoms with Crippen LogP contribution in [0.15, 0.2) is 40.9 Å². The molecule has 0 unspecified atom stereocenters. The molecule has 2 bridgehead atoms. The number of aromatic nitrogens is 2. The highest BCUT2D eigenvalue weighted by Crippen LogP contribution is 2.44. The van der Waals surface area contributed by atoms with Crippen molar-refractivity contribution in [1.82, 2.24) is 15.5 Å². The van der Waals surface area contributed by atoms with Gasteiger partial charge in [-0.25, -0.2) is 0 Å². The van der Waals surface area contributed by atoms with E-state index in [0.717, 1.165) is 17.5 Å². The van der Waals surface area contributed by atoms with Crippen LogP contribution in [0.1, 0.15) is 30.7 Å². The van der Waals surface area contributed by atoms with Crippen LogP contribution >= 0.6 is 0 Å². The molecule has 3 atom stereocenters. The van der Waals surface area contributed by atoms with E-state index >= 15 is 0 Å². The molecule has 1 amide bonds. The minimum atomic E-state index is 0.0663. The molecule has 0 radical (unpaired) electrons. The monoisotopic (exact) mass is 323 g/mol. The molecule has 1 aromatic heterocycles. The summed E-state index contributed by atoms with van der Waals surface area (Å²) >= 11 is 0. The fraction of sp³-hybridized carbons (Fsp3) is 0.421. The van der Waals surface area contributed by atoms with E-state index in [4.69, 9.17) is 4.52 Å². The van der Waals surface area contributed by atoms with Crippen LogP contribution in [0.5, 0.6) is 0 Å². The zero-order valence-corrected chi connectivity index (χ0v) is 13.7. The molecule has 1 fully saturated rings. The van der Waals surface area contributed by atoms with Crippen molar-refractivity contribution in [2.45, 2.75) is 32.7 Å². The van der Waals surface area contributed by atoms with E-state index in [9.17, 15) is 4.79 Å². The summed E-state index contributed by atoms with van der Waals surface area (Å²) in [7, 11) is 0. The lowest BCUT2D eigenvalue weighted by atomic mass is 9.90. The number of carbonyl (C=O) groups is 1. The minimum absolute atomic E-state index is 0.0663. The van der Waals surface area contributed by atoms with Crippen LogP contribution in [0.25, 0.3) is 11.4 Å². The van der Waals surface area contributed by atoms with E-state index in [2.05, 4.69) is 27.6 Å². The Balaban J connectivity index is 1.32. The van der Waals surface area contributed by atoms with Gasteiger partial charge >= 0.3 is 0 Å². The molecule has 24 heavy (non-hydrogen) atoms. The van der Waals surface area contributed by atoms with Crippen LogP contribution in [-0.4, -0.2) is 16.0 Å². The van der Waals surface area contributed by atoms with E-state index < -0.39 is 0 Å². The zero-order chi connectivity index (χ0) is 16.5. The van der Waals surface area contributed by atoms with Crippen molar-refractivity contribution in [2.75, 3.05) is 0 Å². The summed E-state index contributed by atoms with van der Waals surface area (Å²) in [5, 5.41) is 6.92. The van der Waals surface area contributed by atoms with Crippen LogP contribution < -0.4 is 5.32 Å². The molecule has 0 saturated heterocycles. The smallest absolute Gasteiger partial charge is 0.246 e. The predicted octanol–water partition coefficient (Wildman–Crippen LogP) is 3.26. The third-order valence-corrected chi connectivity index (χ3v) is 5.15. The Morgan fingerprint density at radius 2 is 2.17 bits per heavy atom. The lowest BCUT2D eigenvalue weighted by Crippen LogP contribution is -2.26. The Kier molecular flexibility index (Phi) is 3.92. The number of benzene rings is 1. The molecule has 1 heterocycles.